The number of aliphatic hydroxyl groups is 1. The largest absolute Gasteiger partial charge is 0.462 e. The van der Waals surface area contributed by atoms with Gasteiger partial charge in [-0.25, -0.2) is 9.18 Å². The summed E-state index contributed by atoms with van der Waals surface area (Å²) >= 11 is 0. The molecule has 2 rings (SSSR count). The first-order chi connectivity index (χ1) is 10.4. The minimum atomic E-state index is -0.869. The Morgan fingerprint density at radius 2 is 2.32 bits per heavy atom. The molecule has 1 atom stereocenters. The normalized spacial score (nSPS) is 18.1. The number of non-ortho nitro benzene ring substituents is 1. The summed E-state index contributed by atoms with van der Waals surface area (Å²) in [5.74, 6) is -1.69. The highest BCUT2D eigenvalue weighted by atomic mass is 19.1. The molecule has 0 radical (unpaired) electrons. The summed E-state index contributed by atoms with van der Waals surface area (Å²) in [7, 11) is 0. The number of hydrogen-bond donors (Lipinski definition) is 1. The van der Waals surface area contributed by atoms with Crippen LogP contribution in [0.3, 0.4) is 0 Å². The average Bonchev–Trinajstić information content (AvgIpc) is 2.46. The molecule has 1 aliphatic rings. The molecule has 22 heavy (non-hydrogen) atoms. The summed E-state index contributed by atoms with van der Waals surface area (Å²) in [5.41, 5.74) is -0.757. The first-order valence-electron chi connectivity index (χ1n) is 7.02. The van der Waals surface area contributed by atoms with Crippen LogP contribution in [0.15, 0.2) is 12.1 Å². The molecule has 1 unspecified atom stereocenters. The van der Waals surface area contributed by atoms with E-state index >= 15 is 0 Å². The molecular weight excluding hydrogens is 295 g/mol. The van der Waals surface area contributed by atoms with Crippen LogP contribution in [0.2, 0.25) is 0 Å². The molecule has 1 N–H and O–H groups in total. The number of carbonyl (C=O) groups excluding carboxylic acids is 1. The van der Waals surface area contributed by atoms with E-state index in [1.165, 1.54) is 4.90 Å². The molecule has 1 heterocycles. The molecule has 0 bridgehead atoms. The molecule has 0 spiro atoms. The Hall–Kier alpha value is -2.22. The number of nitro benzene ring substituents is 1. The number of hydrogen-bond acceptors (Lipinski definition) is 6. The summed E-state index contributed by atoms with van der Waals surface area (Å²) in [6.45, 7) is 2.29. The molecule has 1 saturated heterocycles. The van der Waals surface area contributed by atoms with Gasteiger partial charge in [-0.05, 0) is 19.8 Å². The summed E-state index contributed by atoms with van der Waals surface area (Å²) < 4.78 is 19.2. The standard InChI is InChI=1S/C14H17FN2O5/c1-2-22-14(19)11-6-9(17(20)21)7-12(15)13(11)16-5-3-4-10(18)8-16/h6-7,10,18H,2-5,8H2,1H3. The number of rotatable bonds is 4. The SMILES string of the molecule is CCOC(=O)c1cc([N+](=O)[O-])cc(F)c1N1CCCC(O)C1. The van der Waals surface area contributed by atoms with Gasteiger partial charge in [0.05, 0.1) is 35.0 Å². The van der Waals surface area contributed by atoms with Gasteiger partial charge in [0.25, 0.3) is 5.69 Å². The molecule has 7 nitrogen and oxygen atoms in total. The molecule has 0 saturated carbocycles. The van der Waals surface area contributed by atoms with Crippen molar-refractivity contribution < 1.29 is 24.0 Å². The zero-order chi connectivity index (χ0) is 16.3. The Kier molecular flexibility index (Phi) is 4.92. The highest BCUT2D eigenvalue weighted by molar-refractivity contribution is 5.97. The van der Waals surface area contributed by atoms with Crippen molar-refractivity contribution in [2.24, 2.45) is 0 Å². The lowest BCUT2D eigenvalue weighted by molar-refractivity contribution is -0.385. The second-order valence-corrected chi connectivity index (χ2v) is 5.04. The maximum absolute atomic E-state index is 14.3. The molecule has 0 amide bonds. The summed E-state index contributed by atoms with van der Waals surface area (Å²) in [6, 6.07) is 1.79. The molecular formula is C14H17FN2O5. The van der Waals surface area contributed by atoms with Gasteiger partial charge < -0.3 is 14.7 Å². The zero-order valence-electron chi connectivity index (χ0n) is 12.1. The summed E-state index contributed by atoms with van der Waals surface area (Å²) in [4.78, 5) is 23.6. The van der Waals surface area contributed by atoms with Gasteiger partial charge in [-0.3, -0.25) is 10.1 Å². The number of anilines is 1. The predicted molar refractivity (Wildman–Crippen MR) is 76.5 cm³/mol. The number of esters is 1. The van der Waals surface area contributed by atoms with Gasteiger partial charge in [0.1, 0.15) is 0 Å². The van der Waals surface area contributed by atoms with E-state index in [1.54, 1.807) is 6.92 Å². The molecule has 0 aromatic heterocycles. The minimum absolute atomic E-state index is 0.0530. The fraction of sp³-hybridized carbons (Fsp3) is 0.500. The van der Waals surface area contributed by atoms with E-state index in [0.717, 1.165) is 12.1 Å². The van der Waals surface area contributed by atoms with Crippen molar-refractivity contribution in [3.8, 4) is 0 Å². The van der Waals surface area contributed by atoms with E-state index in [-0.39, 0.29) is 24.4 Å². The van der Waals surface area contributed by atoms with E-state index in [9.17, 15) is 24.4 Å². The number of halogens is 1. The van der Waals surface area contributed by atoms with Crippen molar-refractivity contribution in [2.45, 2.75) is 25.9 Å². The molecule has 0 aliphatic carbocycles. The average molecular weight is 312 g/mol. The van der Waals surface area contributed by atoms with Crippen molar-refractivity contribution in [2.75, 3.05) is 24.6 Å². The second-order valence-electron chi connectivity index (χ2n) is 5.04. The summed E-state index contributed by atoms with van der Waals surface area (Å²) in [6.07, 6.45) is 0.609. The predicted octanol–water partition coefficient (Wildman–Crippen LogP) is 1.87. The third-order valence-electron chi connectivity index (χ3n) is 3.47. The molecule has 1 aromatic rings. The lowest BCUT2D eigenvalue weighted by atomic mass is 10.0. The number of aliphatic hydroxyl groups excluding tert-OH is 1. The maximum Gasteiger partial charge on any atom is 0.340 e. The third kappa shape index (κ3) is 3.33. The minimum Gasteiger partial charge on any atom is -0.462 e. The molecule has 1 fully saturated rings. The fourth-order valence-electron chi connectivity index (χ4n) is 2.53. The van der Waals surface area contributed by atoms with E-state index in [0.29, 0.717) is 19.4 Å². The first-order valence-corrected chi connectivity index (χ1v) is 7.02. The van der Waals surface area contributed by atoms with Crippen LogP contribution in [0.4, 0.5) is 15.8 Å². The first kappa shape index (κ1) is 16.2. The lowest BCUT2D eigenvalue weighted by Gasteiger charge is -2.33. The summed E-state index contributed by atoms with van der Waals surface area (Å²) in [5, 5.41) is 20.6. The van der Waals surface area contributed by atoms with E-state index < -0.39 is 28.5 Å². The quantitative estimate of drug-likeness (QED) is 0.518. The molecule has 120 valence electrons. The molecule has 1 aromatic carbocycles. The van der Waals surface area contributed by atoms with Crippen molar-refractivity contribution in [1.29, 1.82) is 0 Å². The number of ether oxygens (including phenoxy) is 1. The van der Waals surface area contributed by atoms with E-state index in [1.807, 2.05) is 0 Å². The maximum atomic E-state index is 14.3. The number of nitro groups is 1. The molecule has 8 heteroatoms. The van der Waals surface area contributed by atoms with Gasteiger partial charge in [-0.15, -0.1) is 0 Å². The highest BCUT2D eigenvalue weighted by Gasteiger charge is 2.28. The smallest absolute Gasteiger partial charge is 0.340 e. The van der Waals surface area contributed by atoms with Gasteiger partial charge >= 0.3 is 5.97 Å². The van der Waals surface area contributed by atoms with Crippen LogP contribution in [-0.2, 0) is 4.74 Å². The Labute approximate surface area is 126 Å². The van der Waals surface area contributed by atoms with Crippen LogP contribution in [0.25, 0.3) is 0 Å². The van der Waals surface area contributed by atoms with Gasteiger partial charge in [0, 0.05) is 19.2 Å². The lowest BCUT2D eigenvalue weighted by Crippen LogP contribution is -2.39. The van der Waals surface area contributed by atoms with Crippen molar-refractivity contribution in [3.05, 3.63) is 33.6 Å². The van der Waals surface area contributed by atoms with Crippen LogP contribution in [0.5, 0.6) is 0 Å². The van der Waals surface area contributed by atoms with Gasteiger partial charge in [-0.2, -0.15) is 0 Å². The van der Waals surface area contributed by atoms with Crippen LogP contribution in [-0.4, -0.2) is 41.8 Å². The van der Waals surface area contributed by atoms with Crippen LogP contribution in [0.1, 0.15) is 30.1 Å². The fourth-order valence-corrected chi connectivity index (χ4v) is 2.53. The Morgan fingerprint density at radius 1 is 1.59 bits per heavy atom. The van der Waals surface area contributed by atoms with Gasteiger partial charge in [0.2, 0.25) is 0 Å². The number of β-amino-alcohol motifs (C(OH)–C–C–N with tert-alkyl or cyclic N) is 1. The van der Waals surface area contributed by atoms with Crippen molar-refractivity contribution in [1.82, 2.24) is 0 Å². The Morgan fingerprint density at radius 3 is 2.91 bits per heavy atom. The van der Waals surface area contributed by atoms with E-state index in [2.05, 4.69) is 0 Å². The number of nitrogens with zero attached hydrogens (tertiary/aromatic N) is 2. The van der Waals surface area contributed by atoms with Crippen LogP contribution in [0, 0.1) is 15.9 Å². The van der Waals surface area contributed by atoms with Crippen LogP contribution < -0.4 is 4.90 Å². The molecule has 1 aliphatic heterocycles. The third-order valence-corrected chi connectivity index (χ3v) is 3.47. The zero-order valence-corrected chi connectivity index (χ0v) is 12.1. The van der Waals surface area contributed by atoms with Gasteiger partial charge in [-0.1, -0.05) is 0 Å². The number of carbonyl (C=O) groups is 1. The topological polar surface area (TPSA) is 92.9 Å². The Balaban J connectivity index is 2.50. The second kappa shape index (κ2) is 6.69. The Bertz CT molecular complexity index is 593. The van der Waals surface area contributed by atoms with Crippen molar-refractivity contribution in [3.63, 3.8) is 0 Å². The highest BCUT2D eigenvalue weighted by Crippen LogP contribution is 2.32. The van der Waals surface area contributed by atoms with E-state index in [4.69, 9.17) is 4.74 Å². The number of piperidine rings is 1. The monoisotopic (exact) mass is 312 g/mol. The van der Waals surface area contributed by atoms with Crippen LogP contribution >= 0.6 is 0 Å². The van der Waals surface area contributed by atoms with Gasteiger partial charge in [0.15, 0.2) is 5.82 Å². The number of benzene rings is 1. The van der Waals surface area contributed by atoms with Crippen molar-refractivity contribution >= 4 is 17.3 Å².